The zero-order chi connectivity index (χ0) is 14.5. The molecule has 0 amide bonds. The molecule has 2 rings (SSSR count). The molecule has 2 aromatic rings. The number of benzene rings is 2. The highest BCUT2D eigenvalue weighted by atomic mass is 35.5. The molecule has 0 atom stereocenters. The lowest BCUT2D eigenvalue weighted by molar-refractivity contribution is 0.0697. The van der Waals surface area contributed by atoms with E-state index in [-0.39, 0.29) is 10.6 Å². The molecule has 0 spiro atoms. The van der Waals surface area contributed by atoms with E-state index in [0.717, 1.165) is 5.56 Å². The second-order valence-corrected chi connectivity index (χ2v) is 4.69. The topological polar surface area (TPSA) is 61.7 Å². The van der Waals surface area contributed by atoms with Gasteiger partial charge in [-0.1, -0.05) is 41.4 Å². The predicted octanol–water partition coefficient (Wildman–Crippen LogP) is 3.79. The van der Waals surface area contributed by atoms with Crippen molar-refractivity contribution in [3.05, 3.63) is 64.2 Å². The number of aromatic carboxylic acids is 1. The fourth-order valence-corrected chi connectivity index (χ4v) is 1.79. The summed E-state index contributed by atoms with van der Waals surface area (Å²) in [7, 11) is 0. The van der Waals surface area contributed by atoms with Gasteiger partial charge in [0, 0.05) is 0 Å². The summed E-state index contributed by atoms with van der Waals surface area (Å²) >= 11 is 5.79. The van der Waals surface area contributed by atoms with Crippen molar-refractivity contribution in [1.82, 2.24) is 0 Å². The number of carboxylic acids is 1. The van der Waals surface area contributed by atoms with Gasteiger partial charge in [-0.15, -0.1) is 0 Å². The quantitative estimate of drug-likeness (QED) is 0.664. The van der Waals surface area contributed by atoms with Gasteiger partial charge in [-0.2, -0.15) is 5.10 Å². The zero-order valence-electron chi connectivity index (χ0n) is 10.8. The molecule has 0 unspecified atom stereocenters. The maximum absolute atomic E-state index is 11.0. The van der Waals surface area contributed by atoms with E-state index < -0.39 is 5.97 Å². The second-order valence-electron chi connectivity index (χ2n) is 4.28. The number of hydrogen-bond donors (Lipinski definition) is 2. The lowest BCUT2D eigenvalue weighted by Gasteiger charge is -2.03. The summed E-state index contributed by atoms with van der Waals surface area (Å²) in [4.78, 5) is 11.0. The van der Waals surface area contributed by atoms with Crippen molar-refractivity contribution in [1.29, 1.82) is 0 Å². The first-order valence-electron chi connectivity index (χ1n) is 5.95. The van der Waals surface area contributed by atoms with Crippen LogP contribution >= 0.6 is 11.6 Å². The van der Waals surface area contributed by atoms with Crippen molar-refractivity contribution >= 4 is 29.5 Å². The monoisotopic (exact) mass is 288 g/mol. The number of rotatable bonds is 4. The van der Waals surface area contributed by atoms with Gasteiger partial charge in [0.25, 0.3) is 0 Å². The largest absolute Gasteiger partial charge is 0.478 e. The molecule has 5 heteroatoms. The van der Waals surface area contributed by atoms with E-state index in [9.17, 15) is 4.79 Å². The van der Waals surface area contributed by atoms with Gasteiger partial charge in [-0.25, -0.2) is 4.79 Å². The van der Waals surface area contributed by atoms with Gasteiger partial charge in [0.2, 0.25) is 0 Å². The highest BCUT2D eigenvalue weighted by Gasteiger charge is 2.08. The van der Waals surface area contributed by atoms with Gasteiger partial charge in [0.15, 0.2) is 0 Å². The van der Waals surface area contributed by atoms with Crippen LogP contribution in [0.5, 0.6) is 0 Å². The molecule has 102 valence electrons. The molecule has 0 saturated heterocycles. The number of hydrogen-bond acceptors (Lipinski definition) is 3. The van der Waals surface area contributed by atoms with Gasteiger partial charge >= 0.3 is 5.97 Å². The first-order valence-corrected chi connectivity index (χ1v) is 6.32. The summed E-state index contributed by atoms with van der Waals surface area (Å²) in [6.45, 7) is 2.01. The van der Waals surface area contributed by atoms with E-state index >= 15 is 0 Å². The molecule has 0 aliphatic heterocycles. The Kier molecular flexibility index (Phi) is 4.38. The molecule has 0 fully saturated rings. The van der Waals surface area contributed by atoms with Gasteiger partial charge in [0.1, 0.15) is 0 Å². The summed E-state index contributed by atoms with van der Waals surface area (Å²) < 4.78 is 0. The number of aryl methyl sites for hydroxylation is 1. The number of carboxylic acid groups (broad SMARTS) is 1. The van der Waals surface area contributed by atoms with Crippen LogP contribution in [0.4, 0.5) is 5.69 Å². The third-order valence-electron chi connectivity index (χ3n) is 2.68. The van der Waals surface area contributed by atoms with E-state index in [2.05, 4.69) is 10.5 Å². The van der Waals surface area contributed by atoms with Crippen molar-refractivity contribution in [3.63, 3.8) is 0 Å². The van der Waals surface area contributed by atoms with Gasteiger partial charge in [-0.3, -0.25) is 5.43 Å². The van der Waals surface area contributed by atoms with Crippen molar-refractivity contribution < 1.29 is 9.90 Å². The third-order valence-corrected chi connectivity index (χ3v) is 3.01. The van der Waals surface area contributed by atoms with Crippen molar-refractivity contribution in [3.8, 4) is 0 Å². The van der Waals surface area contributed by atoms with Crippen LogP contribution in [0.3, 0.4) is 0 Å². The Morgan fingerprint density at radius 2 is 1.95 bits per heavy atom. The Labute approximate surface area is 121 Å². The van der Waals surface area contributed by atoms with Crippen LogP contribution in [0.2, 0.25) is 5.02 Å². The maximum atomic E-state index is 11.0. The summed E-state index contributed by atoms with van der Waals surface area (Å²) in [5.41, 5.74) is 5.52. The molecule has 2 aromatic carbocycles. The maximum Gasteiger partial charge on any atom is 0.337 e. The Hall–Kier alpha value is -2.33. The highest BCUT2D eigenvalue weighted by Crippen LogP contribution is 2.20. The molecule has 0 aromatic heterocycles. The normalized spacial score (nSPS) is 10.7. The molecule has 0 heterocycles. The minimum Gasteiger partial charge on any atom is -0.478 e. The van der Waals surface area contributed by atoms with E-state index in [1.54, 1.807) is 12.3 Å². The lowest BCUT2D eigenvalue weighted by Crippen LogP contribution is -1.99. The fourth-order valence-electron chi connectivity index (χ4n) is 1.59. The Bertz CT molecular complexity index is 651. The van der Waals surface area contributed by atoms with Crippen LogP contribution in [0.1, 0.15) is 21.5 Å². The van der Waals surface area contributed by atoms with Crippen molar-refractivity contribution in [2.75, 3.05) is 5.43 Å². The van der Waals surface area contributed by atoms with E-state index in [1.165, 1.54) is 17.7 Å². The van der Waals surface area contributed by atoms with Crippen molar-refractivity contribution in [2.24, 2.45) is 5.10 Å². The van der Waals surface area contributed by atoms with Crippen LogP contribution in [0.15, 0.2) is 47.6 Å². The average molecular weight is 289 g/mol. The summed E-state index contributed by atoms with van der Waals surface area (Å²) in [5.74, 6) is -1.07. The Morgan fingerprint density at radius 1 is 1.25 bits per heavy atom. The molecule has 0 aliphatic carbocycles. The van der Waals surface area contributed by atoms with Crippen LogP contribution < -0.4 is 5.43 Å². The lowest BCUT2D eigenvalue weighted by atomic mass is 10.2. The van der Waals surface area contributed by atoms with Crippen molar-refractivity contribution in [2.45, 2.75) is 6.92 Å². The molecule has 0 saturated carbocycles. The number of halogens is 1. The van der Waals surface area contributed by atoms with E-state index in [1.807, 2.05) is 31.2 Å². The second kappa shape index (κ2) is 6.21. The third kappa shape index (κ3) is 3.59. The predicted molar refractivity (Wildman–Crippen MR) is 80.8 cm³/mol. The van der Waals surface area contributed by atoms with Crippen LogP contribution in [-0.2, 0) is 0 Å². The van der Waals surface area contributed by atoms with E-state index in [0.29, 0.717) is 5.69 Å². The van der Waals surface area contributed by atoms with Crippen LogP contribution in [0.25, 0.3) is 0 Å². The number of hydrazone groups is 1. The minimum absolute atomic E-state index is 0.0437. The molecular formula is C15H13ClN2O2. The first-order chi connectivity index (χ1) is 9.56. The summed E-state index contributed by atoms with van der Waals surface area (Å²) in [5, 5.41) is 13.2. The molecule has 2 N–H and O–H groups in total. The van der Waals surface area contributed by atoms with Gasteiger partial charge in [0.05, 0.1) is 22.5 Å². The Morgan fingerprint density at radius 3 is 2.60 bits per heavy atom. The SMILES string of the molecule is Cc1ccc(/C=N\Nc2ccc(Cl)c(C(=O)O)c2)cc1. The smallest absolute Gasteiger partial charge is 0.337 e. The fraction of sp³-hybridized carbons (Fsp3) is 0.0667. The molecule has 0 radical (unpaired) electrons. The highest BCUT2D eigenvalue weighted by molar-refractivity contribution is 6.33. The minimum atomic E-state index is -1.07. The number of anilines is 1. The molecule has 0 aliphatic rings. The summed E-state index contributed by atoms with van der Waals surface area (Å²) in [6, 6.07) is 12.5. The average Bonchev–Trinajstić information content (AvgIpc) is 2.42. The molecular weight excluding hydrogens is 276 g/mol. The van der Waals surface area contributed by atoms with Crippen LogP contribution in [-0.4, -0.2) is 17.3 Å². The zero-order valence-corrected chi connectivity index (χ0v) is 11.6. The van der Waals surface area contributed by atoms with Crippen LogP contribution in [0, 0.1) is 6.92 Å². The molecule has 4 nitrogen and oxygen atoms in total. The van der Waals surface area contributed by atoms with Gasteiger partial charge < -0.3 is 5.11 Å². The summed E-state index contributed by atoms with van der Waals surface area (Å²) in [6.07, 6.45) is 1.66. The van der Waals surface area contributed by atoms with E-state index in [4.69, 9.17) is 16.7 Å². The number of nitrogens with zero attached hydrogens (tertiary/aromatic N) is 1. The Balaban J connectivity index is 2.09. The number of nitrogens with one attached hydrogen (secondary N) is 1. The molecule has 20 heavy (non-hydrogen) atoms. The molecule has 0 bridgehead atoms. The number of carbonyl (C=O) groups is 1. The van der Waals surface area contributed by atoms with Gasteiger partial charge in [-0.05, 0) is 30.7 Å². The first kappa shape index (κ1) is 14.1. The standard InChI is InChI=1S/C15H13ClN2O2/c1-10-2-4-11(5-3-10)9-17-18-12-6-7-14(16)13(8-12)15(19)20/h2-9,18H,1H3,(H,19,20)/b17-9-.